The molecule has 0 aliphatic carbocycles. The molecule has 0 saturated heterocycles. The highest BCUT2D eigenvalue weighted by molar-refractivity contribution is 9.10. The van der Waals surface area contributed by atoms with Crippen LogP contribution in [0.15, 0.2) is 28.7 Å². The molecule has 0 unspecified atom stereocenters. The number of nitrogens with two attached hydrogens (primary N) is 1. The van der Waals surface area contributed by atoms with Crippen molar-refractivity contribution in [2.24, 2.45) is 0 Å². The highest BCUT2D eigenvalue weighted by Crippen LogP contribution is 2.26. The normalized spacial score (nSPS) is 10.3. The van der Waals surface area contributed by atoms with E-state index >= 15 is 0 Å². The first kappa shape index (κ1) is 12.7. The molecule has 0 spiro atoms. The van der Waals surface area contributed by atoms with Gasteiger partial charge in [0.15, 0.2) is 0 Å². The predicted octanol–water partition coefficient (Wildman–Crippen LogP) is 3.04. The van der Waals surface area contributed by atoms with Crippen LogP contribution >= 0.6 is 15.9 Å². The van der Waals surface area contributed by atoms with Crippen LogP contribution in [-0.2, 0) is 6.42 Å². The maximum Gasteiger partial charge on any atom is 0.145 e. The van der Waals surface area contributed by atoms with Crippen molar-refractivity contribution in [3.63, 3.8) is 0 Å². The van der Waals surface area contributed by atoms with Gasteiger partial charge in [-0.15, -0.1) is 0 Å². The quantitative estimate of drug-likeness (QED) is 0.947. The standard InChI is InChI=1S/C13H13BrN4/c1-2-5-11-9(8-15)13(16)18(17-11)12-7-4-3-6-10(12)14/h3-4,6-7H,2,5,16H2,1H3. The van der Waals surface area contributed by atoms with Gasteiger partial charge in [-0.05, 0) is 34.5 Å². The summed E-state index contributed by atoms with van der Waals surface area (Å²) < 4.78 is 2.51. The zero-order chi connectivity index (χ0) is 13.1. The van der Waals surface area contributed by atoms with Crippen molar-refractivity contribution in [3.8, 4) is 11.8 Å². The Morgan fingerprint density at radius 2 is 2.17 bits per heavy atom. The molecule has 0 amide bonds. The summed E-state index contributed by atoms with van der Waals surface area (Å²) in [6.07, 6.45) is 1.69. The van der Waals surface area contributed by atoms with Gasteiger partial charge < -0.3 is 5.73 Å². The Morgan fingerprint density at radius 1 is 1.44 bits per heavy atom. The highest BCUT2D eigenvalue weighted by atomic mass is 79.9. The van der Waals surface area contributed by atoms with E-state index in [1.807, 2.05) is 24.3 Å². The van der Waals surface area contributed by atoms with Gasteiger partial charge in [0.05, 0.1) is 11.4 Å². The van der Waals surface area contributed by atoms with Crippen LogP contribution in [0.2, 0.25) is 0 Å². The van der Waals surface area contributed by atoms with Crippen molar-refractivity contribution >= 4 is 21.7 Å². The molecule has 4 nitrogen and oxygen atoms in total. The number of halogens is 1. The molecule has 5 heteroatoms. The molecule has 0 fully saturated rings. The van der Waals surface area contributed by atoms with Gasteiger partial charge in [0, 0.05) is 4.47 Å². The second-order valence-corrected chi connectivity index (χ2v) is 4.79. The summed E-state index contributed by atoms with van der Waals surface area (Å²) >= 11 is 3.46. The molecule has 0 aliphatic rings. The number of para-hydroxylation sites is 1. The summed E-state index contributed by atoms with van der Waals surface area (Å²) in [4.78, 5) is 0. The van der Waals surface area contributed by atoms with Crippen molar-refractivity contribution < 1.29 is 0 Å². The monoisotopic (exact) mass is 304 g/mol. The number of aryl methyl sites for hydroxylation is 1. The molecule has 1 heterocycles. The van der Waals surface area contributed by atoms with Crippen molar-refractivity contribution in [3.05, 3.63) is 40.0 Å². The van der Waals surface area contributed by atoms with Gasteiger partial charge in [-0.3, -0.25) is 0 Å². The largest absolute Gasteiger partial charge is 0.382 e. The zero-order valence-electron chi connectivity index (χ0n) is 10.0. The Bertz CT molecular complexity index is 610. The van der Waals surface area contributed by atoms with E-state index in [2.05, 4.69) is 34.0 Å². The zero-order valence-corrected chi connectivity index (χ0v) is 11.6. The summed E-state index contributed by atoms with van der Waals surface area (Å²) in [7, 11) is 0. The van der Waals surface area contributed by atoms with Crippen LogP contribution in [0.3, 0.4) is 0 Å². The lowest BCUT2D eigenvalue weighted by molar-refractivity contribution is 0.808. The first-order valence-corrected chi connectivity index (χ1v) is 6.50. The predicted molar refractivity (Wildman–Crippen MR) is 74.4 cm³/mol. The van der Waals surface area contributed by atoms with Crippen LogP contribution < -0.4 is 5.73 Å². The van der Waals surface area contributed by atoms with E-state index in [0.29, 0.717) is 11.4 Å². The molecule has 2 rings (SSSR count). The molecular formula is C13H13BrN4. The van der Waals surface area contributed by atoms with E-state index in [9.17, 15) is 0 Å². The summed E-state index contributed by atoms with van der Waals surface area (Å²) in [6, 6.07) is 9.79. The third-order valence-electron chi connectivity index (χ3n) is 2.67. The van der Waals surface area contributed by atoms with Gasteiger partial charge in [0.2, 0.25) is 0 Å². The second kappa shape index (κ2) is 5.23. The Labute approximate surface area is 114 Å². The van der Waals surface area contributed by atoms with E-state index in [4.69, 9.17) is 11.0 Å². The minimum Gasteiger partial charge on any atom is -0.382 e. The fraction of sp³-hybridized carbons (Fsp3) is 0.231. The lowest BCUT2D eigenvalue weighted by Crippen LogP contribution is -2.03. The van der Waals surface area contributed by atoms with Crippen LogP contribution in [-0.4, -0.2) is 9.78 Å². The number of aromatic nitrogens is 2. The molecule has 0 saturated carbocycles. The van der Waals surface area contributed by atoms with Crippen LogP contribution in [0.25, 0.3) is 5.69 Å². The molecule has 0 radical (unpaired) electrons. The molecule has 1 aromatic carbocycles. The average molecular weight is 305 g/mol. The van der Waals surface area contributed by atoms with Gasteiger partial charge >= 0.3 is 0 Å². The average Bonchev–Trinajstić information content (AvgIpc) is 2.67. The first-order valence-electron chi connectivity index (χ1n) is 5.71. The number of nitriles is 1. The van der Waals surface area contributed by atoms with Crippen LogP contribution in [0.1, 0.15) is 24.6 Å². The third kappa shape index (κ3) is 2.12. The number of hydrogen-bond acceptors (Lipinski definition) is 3. The van der Waals surface area contributed by atoms with Crippen molar-refractivity contribution in [2.75, 3.05) is 5.73 Å². The topological polar surface area (TPSA) is 67.6 Å². The van der Waals surface area contributed by atoms with E-state index in [0.717, 1.165) is 28.7 Å². The van der Waals surface area contributed by atoms with Crippen LogP contribution in [0.4, 0.5) is 5.82 Å². The maximum atomic E-state index is 9.16. The Kier molecular flexibility index (Phi) is 3.68. The third-order valence-corrected chi connectivity index (χ3v) is 3.34. The number of hydrogen-bond donors (Lipinski definition) is 1. The van der Waals surface area contributed by atoms with E-state index in [-0.39, 0.29) is 0 Å². The van der Waals surface area contributed by atoms with Crippen molar-refractivity contribution in [2.45, 2.75) is 19.8 Å². The van der Waals surface area contributed by atoms with E-state index in [1.54, 1.807) is 4.68 Å². The number of anilines is 1. The van der Waals surface area contributed by atoms with Crippen LogP contribution in [0.5, 0.6) is 0 Å². The SMILES string of the molecule is CCCc1nn(-c2ccccc2Br)c(N)c1C#N. The number of nitrogens with zero attached hydrogens (tertiary/aromatic N) is 3. The molecule has 2 aromatic rings. The molecule has 2 N–H and O–H groups in total. The van der Waals surface area contributed by atoms with Crippen molar-refractivity contribution in [1.29, 1.82) is 5.26 Å². The fourth-order valence-electron chi connectivity index (χ4n) is 1.82. The lowest BCUT2D eigenvalue weighted by atomic mass is 10.2. The minimum absolute atomic E-state index is 0.396. The van der Waals surface area contributed by atoms with Crippen molar-refractivity contribution in [1.82, 2.24) is 9.78 Å². The van der Waals surface area contributed by atoms with E-state index < -0.39 is 0 Å². The Hall–Kier alpha value is -1.80. The summed E-state index contributed by atoms with van der Waals surface area (Å²) in [6.45, 7) is 2.05. The highest BCUT2D eigenvalue weighted by Gasteiger charge is 2.16. The molecule has 0 bridgehead atoms. The first-order chi connectivity index (χ1) is 8.69. The molecular weight excluding hydrogens is 292 g/mol. The van der Waals surface area contributed by atoms with Gasteiger partial charge in [0.1, 0.15) is 17.5 Å². The maximum absolute atomic E-state index is 9.16. The smallest absolute Gasteiger partial charge is 0.145 e. The Morgan fingerprint density at radius 3 is 2.78 bits per heavy atom. The number of rotatable bonds is 3. The molecule has 92 valence electrons. The van der Waals surface area contributed by atoms with Gasteiger partial charge in [-0.2, -0.15) is 10.4 Å². The lowest BCUT2D eigenvalue weighted by Gasteiger charge is -2.05. The second-order valence-electron chi connectivity index (χ2n) is 3.93. The van der Waals surface area contributed by atoms with Crippen LogP contribution in [0, 0.1) is 11.3 Å². The summed E-state index contributed by atoms with van der Waals surface area (Å²) in [5.41, 5.74) is 8.08. The van der Waals surface area contributed by atoms with Gasteiger partial charge in [-0.1, -0.05) is 25.5 Å². The molecule has 1 aromatic heterocycles. The number of nitrogen functional groups attached to an aromatic ring is 1. The Balaban J connectivity index is 2.60. The van der Waals surface area contributed by atoms with Gasteiger partial charge in [0.25, 0.3) is 0 Å². The summed E-state index contributed by atoms with van der Waals surface area (Å²) in [5.74, 6) is 0.396. The minimum atomic E-state index is 0.396. The number of benzene rings is 1. The summed E-state index contributed by atoms with van der Waals surface area (Å²) in [5, 5.41) is 13.6. The molecule has 0 aliphatic heterocycles. The molecule has 18 heavy (non-hydrogen) atoms. The molecule has 0 atom stereocenters. The fourth-order valence-corrected chi connectivity index (χ4v) is 2.27. The van der Waals surface area contributed by atoms with Gasteiger partial charge in [-0.25, -0.2) is 4.68 Å². The van der Waals surface area contributed by atoms with E-state index in [1.165, 1.54) is 0 Å².